The lowest BCUT2D eigenvalue weighted by molar-refractivity contribution is -0.117. The van der Waals surface area contributed by atoms with Crippen molar-refractivity contribution in [2.24, 2.45) is 0 Å². The first-order chi connectivity index (χ1) is 9.20. The van der Waals surface area contributed by atoms with Crippen LogP contribution in [-0.2, 0) is 11.3 Å². The molecule has 4 heteroatoms. The molecule has 0 aliphatic heterocycles. The van der Waals surface area contributed by atoms with E-state index in [1.165, 1.54) is 0 Å². The summed E-state index contributed by atoms with van der Waals surface area (Å²) in [5.41, 5.74) is 2.55. The predicted octanol–water partition coefficient (Wildman–Crippen LogP) is 2.18. The van der Waals surface area contributed by atoms with Crippen LogP contribution in [0.1, 0.15) is 25.3 Å². The van der Waals surface area contributed by atoms with Gasteiger partial charge in [-0.1, -0.05) is 25.1 Å². The van der Waals surface area contributed by atoms with Gasteiger partial charge in [-0.3, -0.25) is 4.79 Å². The van der Waals surface area contributed by atoms with E-state index in [1.54, 1.807) is 24.4 Å². The van der Waals surface area contributed by atoms with Gasteiger partial charge in [-0.15, -0.1) is 0 Å². The third kappa shape index (κ3) is 3.37. The van der Waals surface area contributed by atoms with Crippen molar-refractivity contribution < 1.29 is 9.90 Å². The molecule has 0 fully saturated rings. The molecule has 1 aromatic carbocycles. The van der Waals surface area contributed by atoms with Crippen molar-refractivity contribution in [1.82, 2.24) is 10.6 Å². The first-order valence-corrected chi connectivity index (χ1v) is 6.40. The predicted molar refractivity (Wildman–Crippen MR) is 74.2 cm³/mol. The summed E-state index contributed by atoms with van der Waals surface area (Å²) in [6.07, 6.45) is 5.13. The summed E-state index contributed by atoms with van der Waals surface area (Å²) < 4.78 is 0. The molecule has 19 heavy (non-hydrogen) atoms. The smallest absolute Gasteiger partial charge is 0.186 e. The Morgan fingerprint density at radius 2 is 2.26 bits per heavy atom. The lowest BCUT2D eigenvalue weighted by Crippen LogP contribution is -2.34. The molecule has 0 unspecified atom stereocenters. The molecule has 2 rings (SSSR count). The normalized spacial score (nSPS) is 14.7. The number of benzene rings is 1. The molecule has 3 N–H and O–H groups in total. The summed E-state index contributed by atoms with van der Waals surface area (Å²) in [6, 6.07) is 7.07. The molecule has 0 atom stereocenters. The van der Waals surface area contributed by atoms with Crippen LogP contribution in [0.2, 0.25) is 0 Å². The summed E-state index contributed by atoms with van der Waals surface area (Å²) in [5.74, 6) is 0.376. The topological polar surface area (TPSA) is 61.4 Å². The van der Waals surface area contributed by atoms with Gasteiger partial charge in [0.1, 0.15) is 11.4 Å². The van der Waals surface area contributed by atoms with Crippen molar-refractivity contribution in [2.45, 2.75) is 26.3 Å². The molecule has 0 heterocycles. The number of aromatic hydroxyl groups is 1. The standard InChI is InChI=1S/C15H18N2O2/c1-2-3-7-16-15-13(9-14(15)19)17-10-11-5-4-6-12(18)8-11/h3-8,16-18H,2,9-10H2,1H3/b7-3+. The molecule has 0 aromatic heterocycles. The maximum absolute atomic E-state index is 11.5. The minimum Gasteiger partial charge on any atom is -0.508 e. The average Bonchev–Trinajstić information content (AvgIpc) is 2.39. The van der Waals surface area contributed by atoms with Crippen molar-refractivity contribution in [3.05, 3.63) is 53.5 Å². The largest absolute Gasteiger partial charge is 0.508 e. The van der Waals surface area contributed by atoms with Gasteiger partial charge in [0.25, 0.3) is 0 Å². The lowest BCUT2D eigenvalue weighted by atomic mass is 9.99. The first-order valence-electron chi connectivity index (χ1n) is 6.40. The molecule has 100 valence electrons. The Morgan fingerprint density at radius 1 is 1.42 bits per heavy atom. The van der Waals surface area contributed by atoms with Gasteiger partial charge in [0, 0.05) is 12.2 Å². The maximum atomic E-state index is 11.5. The highest BCUT2D eigenvalue weighted by molar-refractivity contribution is 6.03. The number of ketones is 1. The third-order valence-corrected chi connectivity index (χ3v) is 2.92. The van der Waals surface area contributed by atoms with Crippen molar-refractivity contribution in [2.75, 3.05) is 0 Å². The quantitative estimate of drug-likeness (QED) is 0.732. The molecular weight excluding hydrogens is 240 g/mol. The summed E-state index contributed by atoms with van der Waals surface area (Å²) >= 11 is 0. The van der Waals surface area contributed by atoms with E-state index in [2.05, 4.69) is 10.6 Å². The van der Waals surface area contributed by atoms with Crippen molar-refractivity contribution in [3.63, 3.8) is 0 Å². The highest BCUT2D eigenvalue weighted by Crippen LogP contribution is 2.20. The monoisotopic (exact) mass is 258 g/mol. The molecule has 1 aliphatic rings. The summed E-state index contributed by atoms with van der Waals surface area (Å²) in [5, 5.41) is 15.6. The zero-order valence-corrected chi connectivity index (χ0v) is 10.9. The molecule has 0 saturated carbocycles. The number of phenolic OH excluding ortho intramolecular Hbond substituents is 1. The van der Waals surface area contributed by atoms with E-state index in [0.717, 1.165) is 17.7 Å². The second kappa shape index (κ2) is 6.09. The fraction of sp³-hybridized carbons (Fsp3) is 0.267. The Labute approximate surface area is 112 Å². The van der Waals surface area contributed by atoms with Crippen LogP contribution in [0.25, 0.3) is 0 Å². The van der Waals surface area contributed by atoms with E-state index in [4.69, 9.17) is 0 Å². The van der Waals surface area contributed by atoms with Gasteiger partial charge in [-0.25, -0.2) is 0 Å². The number of nitrogens with one attached hydrogen (secondary N) is 2. The zero-order chi connectivity index (χ0) is 13.7. The van der Waals surface area contributed by atoms with Gasteiger partial charge in [-0.05, 0) is 30.3 Å². The first kappa shape index (κ1) is 13.2. The summed E-state index contributed by atoms with van der Waals surface area (Å²) in [6.45, 7) is 2.63. The Morgan fingerprint density at radius 3 is 2.95 bits per heavy atom. The van der Waals surface area contributed by atoms with Crippen LogP contribution >= 0.6 is 0 Å². The molecule has 1 aromatic rings. The number of carbonyl (C=O) groups excluding carboxylic acids is 1. The molecule has 0 saturated heterocycles. The van der Waals surface area contributed by atoms with Gasteiger partial charge in [0.2, 0.25) is 0 Å². The highest BCUT2D eigenvalue weighted by Gasteiger charge is 2.26. The van der Waals surface area contributed by atoms with E-state index < -0.39 is 0 Å². The van der Waals surface area contributed by atoms with Crippen LogP contribution in [0, 0.1) is 0 Å². The van der Waals surface area contributed by atoms with Crippen LogP contribution in [0.3, 0.4) is 0 Å². The highest BCUT2D eigenvalue weighted by atomic mass is 16.3. The fourth-order valence-electron chi connectivity index (χ4n) is 1.85. The van der Waals surface area contributed by atoms with E-state index in [-0.39, 0.29) is 11.5 Å². The molecule has 0 amide bonds. The number of allylic oxidation sites excluding steroid dienone is 3. The van der Waals surface area contributed by atoms with E-state index in [1.807, 2.05) is 19.1 Å². The summed E-state index contributed by atoms with van der Waals surface area (Å²) in [7, 11) is 0. The average molecular weight is 258 g/mol. The number of phenols is 1. The number of rotatable bonds is 6. The zero-order valence-electron chi connectivity index (χ0n) is 10.9. The van der Waals surface area contributed by atoms with Crippen LogP contribution in [-0.4, -0.2) is 10.9 Å². The van der Waals surface area contributed by atoms with E-state index in [9.17, 15) is 9.90 Å². The molecular formula is C15H18N2O2. The Kier molecular flexibility index (Phi) is 4.23. The molecule has 4 nitrogen and oxygen atoms in total. The van der Waals surface area contributed by atoms with Crippen molar-refractivity contribution in [1.29, 1.82) is 0 Å². The van der Waals surface area contributed by atoms with E-state index in [0.29, 0.717) is 18.7 Å². The maximum Gasteiger partial charge on any atom is 0.186 e. The van der Waals surface area contributed by atoms with Crippen molar-refractivity contribution >= 4 is 5.78 Å². The van der Waals surface area contributed by atoms with Crippen LogP contribution < -0.4 is 10.6 Å². The number of hydrogen-bond donors (Lipinski definition) is 3. The lowest BCUT2D eigenvalue weighted by Gasteiger charge is -2.23. The van der Waals surface area contributed by atoms with Crippen LogP contribution in [0.5, 0.6) is 5.75 Å². The molecule has 1 aliphatic carbocycles. The van der Waals surface area contributed by atoms with Gasteiger partial charge < -0.3 is 15.7 Å². The minimum atomic E-state index is 0.124. The second-order valence-electron chi connectivity index (χ2n) is 4.43. The number of Topliss-reactive ketones (excluding diaryl/α,β-unsaturated/α-hetero) is 1. The van der Waals surface area contributed by atoms with Crippen molar-refractivity contribution in [3.8, 4) is 5.75 Å². The molecule has 0 spiro atoms. The van der Waals surface area contributed by atoms with Gasteiger partial charge >= 0.3 is 0 Å². The number of carbonyl (C=O) groups is 1. The number of hydrogen-bond acceptors (Lipinski definition) is 4. The van der Waals surface area contributed by atoms with Gasteiger partial charge in [0.05, 0.1) is 6.42 Å². The second-order valence-corrected chi connectivity index (χ2v) is 4.43. The third-order valence-electron chi connectivity index (χ3n) is 2.92. The minimum absolute atomic E-state index is 0.124. The summed E-state index contributed by atoms with van der Waals surface area (Å²) in [4.78, 5) is 11.5. The fourth-order valence-corrected chi connectivity index (χ4v) is 1.85. The molecule has 0 radical (unpaired) electrons. The Balaban J connectivity index is 1.95. The van der Waals surface area contributed by atoms with E-state index >= 15 is 0 Å². The van der Waals surface area contributed by atoms with Gasteiger partial charge in [0.15, 0.2) is 5.78 Å². The van der Waals surface area contributed by atoms with Crippen LogP contribution in [0.4, 0.5) is 0 Å². The Bertz CT molecular complexity index is 533. The SMILES string of the molecule is CC/C=C/NC1=C(NCc2cccc(O)c2)CC1=O. The van der Waals surface area contributed by atoms with Crippen LogP contribution in [0.15, 0.2) is 47.9 Å². The molecule has 0 bridgehead atoms. The Hall–Kier alpha value is -2.23. The van der Waals surface area contributed by atoms with Gasteiger partial charge in [-0.2, -0.15) is 0 Å².